The second-order valence-electron chi connectivity index (χ2n) is 7.39. The summed E-state index contributed by atoms with van der Waals surface area (Å²) in [5.41, 5.74) is 5.74. The van der Waals surface area contributed by atoms with E-state index in [1.807, 2.05) is 0 Å². The topological polar surface area (TPSA) is 58.4 Å². The Bertz CT molecular complexity index is 352. The van der Waals surface area contributed by atoms with Crippen LogP contribution in [-0.2, 0) is 4.79 Å². The van der Waals surface area contributed by atoms with Gasteiger partial charge in [0.25, 0.3) is 0 Å². The molecule has 3 rings (SSSR count). The molecular weight excluding hydrogens is 262 g/mol. The van der Waals surface area contributed by atoms with E-state index in [0.29, 0.717) is 29.8 Å². The number of hydrogen-bond donors (Lipinski definition) is 2. The molecule has 1 aliphatic carbocycles. The average molecular weight is 293 g/mol. The smallest absolute Gasteiger partial charge is 0.220 e. The number of hydrogen-bond acceptors (Lipinski definition) is 3. The predicted octanol–water partition coefficient (Wildman–Crippen LogP) is 1.88. The Morgan fingerprint density at radius 2 is 1.76 bits per heavy atom. The lowest BCUT2D eigenvalue weighted by molar-refractivity contribution is -0.123. The lowest BCUT2D eigenvalue weighted by atomic mass is 9.80. The third-order valence-corrected chi connectivity index (χ3v) is 5.98. The van der Waals surface area contributed by atoms with Crippen molar-refractivity contribution < 1.29 is 4.79 Å². The molecule has 0 spiro atoms. The van der Waals surface area contributed by atoms with Crippen LogP contribution < -0.4 is 11.1 Å². The number of nitrogens with zero attached hydrogens (tertiary/aromatic N) is 1. The van der Waals surface area contributed by atoms with Crippen LogP contribution in [0.5, 0.6) is 0 Å². The SMILES string of the molecule is NCC1CCC(CC(=O)NC2CCN3CCCCC23)CC1. The van der Waals surface area contributed by atoms with Crippen molar-refractivity contribution in [1.29, 1.82) is 0 Å². The predicted molar refractivity (Wildman–Crippen MR) is 84.9 cm³/mol. The molecule has 2 saturated heterocycles. The number of carbonyl (C=O) groups is 1. The van der Waals surface area contributed by atoms with Crippen molar-refractivity contribution in [3.05, 3.63) is 0 Å². The minimum Gasteiger partial charge on any atom is -0.352 e. The lowest BCUT2D eigenvalue weighted by Crippen LogP contribution is -2.47. The summed E-state index contributed by atoms with van der Waals surface area (Å²) in [5, 5.41) is 3.35. The largest absolute Gasteiger partial charge is 0.352 e. The molecule has 2 aliphatic heterocycles. The maximum absolute atomic E-state index is 12.3. The number of carbonyl (C=O) groups excluding carboxylic acids is 1. The van der Waals surface area contributed by atoms with Crippen molar-refractivity contribution >= 4 is 5.91 Å². The van der Waals surface area contributed by atoms with Crippen molar-refractivity contribution in [1.82, 2.24) is 10.2 Å². The van der Waals surface area contributed by atoms with Gasteiger partial charge in [0.2, 0.25) is 5.91 Å². The van der Waals surface area contributed by atoms with Crippen LogP contribution in [-0.4, -0.2) is 42.5 Å². The first-order valence-electron chi connectivity index (χ1n) is 8.99. The van der Waals surface area contributed by atoms with Gasteiger partial charge in [0, 0.05) is 25.0 Å². The fraction of sp³-hybridized carbons (Fsp3) is 0.941. The van der Waals surface area contributed by atoms with Crippen molar-refractivity contribution in [3.63, 3.8) is 0 Å². The molecule has 0 bridgehead atoms. The Kier molecular flexibility index (Phi) is 5.17. The summed E-state index contributed by atoms with van der Waals surface area (Å²) in [5.74, 6) is 1.59. The summed E-state index contributed by atoms with van der Waals surface area (Å²) in [6.45, 7) is 3.23. The van der Waals surface area contributed by atoms with Gasteiger partial charge < -0.3 is 11.1 Å². The Morgan fingerprint density at radius 1 is 1.00 bits per heavy atom. The highest BCUT2D eigenvalue weighted by Gasteiger charge is 2.36. The van der Waals surface area contributed by atoms with Gasteiger partial charge in [-0.2, -0.15) is 0 Å². The normalized spacial score (nSPS) is 37.2. The zero-order valence-corrected chi connectivity index (χ0v) is 13.2. The second kappa shape index (κ2) is 7.10. The van der Waals surface area contributed by atoms with Crippen molar-refractivity contribution in [2.24, 2.45) is 17.6 Å². The quantitative estimate of drug-likeness (QED) is 0.832. The van der Waals surface area contributed by atoms with Gasteiger partial charge in [-0.25, -0.2) is 0 Å². The number of nitrogens with one attached hydrogen (secondary N) is 1. The number of amides is 1. The zero-order valence-electron chi connectivity index (χ0n) is 13.2. The molecule has 4 nitrogen and oxygen atoms in total. The summed E-state index contributed by atoms with van der Waals surface area (Å²) >= 11 is 0. The third-order valence-electron chi connectivity index (χ3n) is 5.98. The fourth-order valence-electron chi connectivity index (χ4n) is 4.61. The van der Waals surface area contributed by atoms with Crippen LogP contribution >= 0.6 is 0 Å². The second-order valence-corrected chi connectivity index (χ2v) is 7.39. The number of rotatable bonds is 4. The van der Waals surface area contributed by atoms with E-state index in [9.17, 15) is 4.79 Å². The zero-order chi connectivity index (χ0) is 14.7. The van der Waals surface area contributed by atoms with Crippen molar-refractivity contribution in [2.75, 3.05) is 19.6 Å². The van der Waals surface area contributed by atoms with Gasteiger partial charge in [-0.05, 0) is 69.9 Å². The van der Waals surface area contributed by atoms with Crippen molar-refractivity contribution in [3.8, 4) is 0 Å². The van der Waals surface area contributed by atoms with E-state index in [-0.39, 0.29) is 0 Å². The Labute approximate surface area is 128 Å². The van der Waals surface area contributed by atoms with Gasteiger partial charge >= 0.3 is 0 Å². The molecule has 3 aliphatic rings. The summed E-state index contributed by atoms with van der Waals surface area (Å²) < 4.78 is 0. The fourth-order valence-corrected chi connectivity index (χ4v) is 4.61. The molecule has 1 amide bonds. The minimum atomic E-state index is 0.295. The van der Waals surface area contributed by atoms with Gasteiger partial charge in [0.05, 0.1) is 0 Å². The highest BCUT2D eigenvalue weighted by Crippen LogP contribution is 2.31. The summed E-state index contributed by atoms with van der Waals surface area (Å²) in [6.07, 6.45) is 10.6. The first kappa shape index (κ1) is 15.3. The van der Waals surface area contributed by atoms with E-state index >= 15 is 0 Å². The first-order chi connectivity index (χ1) is 10.3. The van der Waals surface area contributed by atoms with Crippen LogP contribution in [0.2, 0.25) is 0 Å². The van der Waals surface area contributed by atoms with E-state index in [4.69, 9.17) is 5.73 Å². The molecule has 0 aromatic heterocycles. The van der Waals surface area contributed by atoms with Gasteiger partial charge in [-0.1, -0.05) is 6.42 Å². The molecule has 2 atom stereocenters. The molecule has 2 heterocycles. The molecule has 2 unspecified atom stereocenters. The van der Waals surface area contributed by atoms with Crippen LogP contribution in [0.15, 0.2) is 0 Å². The van der Waals surface area contributed by atoms with Crippen LogP contribution in [0.4, 0.5) is 0 Å². The number of piperidine rings is 1. The number of nitrogens with two attached hydrogens (primary N) is 1. The maximum Gasteiger partial charge on any atom is 0.220 e. The van der Waals surface area contributed by atoms with Gasteiger partial charge in [-0.15, -0.1) is 0 Å². The van der Waals surface area contributed by atoms with Crippen LogP contribution in [0.3, 0.4) is 0 Å². The maximum atomic E-state index is 12.3. The third kappa shape index (κ3) is 3.78. The van der Waals surface area contributed by atoms with E-state index in [1.165, 1.54) is 58.0 Å². The van der Waals surface area contributed by atoms with E-state index in [2.05, 4.69) is 10.2 Å². The molecule has 1 saturated carbocycles. The molecule has 0 aromatic rings. The Hall–Kier alpha value is -0.610. The summed E-state index contributed by atoms with van der Waals surface area (Å²) in [4.78, 5) is 14.9. The number of fused-ring (bicyclic) bond motifs is 1. The first-order valence-corrected chi connectivity index (χ1v) is 8.99. The van der Waals surface area contributed by atoms with Crippen LogP contribution in [0, 0.1) is 11.8 Å². The van der Waals surface area contributed by atoms with Gasteiger partial charge in [-0.3, -0.25) is 9.69 Å². The average Bonchev–Trinajstić information content (AvgIpc) is 2.91. The van der Waals surface area contributed by atoms with Gasteiger partial charge in [0.1, 0.15) is 0 Å². The standard InChI is InChI=1S/C17H31N3O/c18-12-14-6-4-13(5-7-14)11-17(21)19-15-8-10-20-9-2-1-3-16(15)20/h13-16H,1-12,18H2,(H,19,21). The minimum absolute atomic E-state index is 0.295. The van der Waals surface area contributed by atoms with Gasteiger partial charge in [0.15, 0.2) is 0 Å². The lowest BCUT2D eigenvalue weighted by Gasteiger charge is -2.33. The van der Waals surface area contributed by atoms with E-state index in [1.54, 1.807) is 0 Å². The highest BCUT2D eigenvalue weighted by molar-refractivity contribution is 5.76. The Balaban J connectivity index is 1.42. The van der Waals surface area contributed by atoms with E-state index < -0.39 is 0 Å². The van der Waals surface area contributed by atoms with E-state index in [0.717, 1.165) is 19.4 Å². The molecule has 21 heavy (non-hydrogen) atoms. The molecule has 4 heteroatoms. The molecule has 0 radical (unpaired) electrons. The molecular formula is C17H31N3O. The Morgan fingerprint density at radius 3 is 2.52 bits per heavy atom. The monoisotopic (exact) mass is 293 g/mol. The molecule has 120 valence electrons. The van der Waals surface area contributed by atoms with Crippen LogP contribution in [0.25, 0.3) is 0 Å². The highest BCUT2D eigenvalue weighted by atomic mass is 16.1. The molecule has 3 N–H and O–H groups in total. The molecule has 3 fully saturated rings. The molecule has 0 aromatic carbocycles. The van der Waals surface area contributed by atoms with Crippen LogP contribution in [0.1, 0.15) is 57.8 Å². The van der Waals surface area contributed by atoms with Crippen molar-refractivity contribution in [2.45, 2.75) is 69.9 Å². The summed E-state index contributed by atoms with van der Waals surface area (Å²) in [6, 6.07) is 1.04. The summed E-state index contributed by atoms with van der Waals surface area (Å²) in [7, 11) is 0.